The Kier molecular flexibility index (Phi) is 10.8. The van der Waals surface area contributed by atoms with Crippen LogP contribution < -0.4 is 10.6 Å². The molecule has 2 aliphatic rings. The summed E-state index contributed by atoms with van der Waals surface area (Å²) in [6, 6.07) is -1.37. The number of carbonyl (C=O) groups excluding carboxylic acids is 5. The number of fused-ring (bicyclic) bond motifs is 1. The molecule has 2 aliphatic heterocycles. The zero-order chi connectivity index (χ0) is 31.4. The van der Waals surface area contributed by atoms with Crippen molar-refractivity contribution < 1.29 is 47.1 Å². The SMILES string of the molecule is [B]OC(=O)C1=C(CCl)CS(=O)[C@@H]2[C@H](NC(=O)/C(=N\O[C@@H](CC)C(=O)O[B])c3csc(NC(=O)OC(C)(C)C)n3)C(=O)N12. The van der Waals surface area contributed by atoms with Crippen molar-refractivity contribution in [2.24, 2.45) is 5.16 Å². The van der Waals surface area contributed by atoms with E-state index in [-0.39, 0.29) is 40.1 Å². The molecule has 3 amide bonds. The smallest absolute Gasteiger partial charge is 0.413 e. The molecule has 4 atom stereocenters. The number of oxime groups is 1. The van der Waals surface area contributed by atoms with E-state index in [2.05, 4.69) is 30.1 Å². The van der Waals surface area contributed by atoms with Crippen LogP contribution in [0.4, 0.5) is 9.93 Å². The molecule has 2 N–H and O–H groups in total. The van der Waals surface area contributed by atoms with Crippen LogP contribution in [0.5, 0.6) is 0 Å². The Hall–Kier alpha value is -3.44. The maximum atomic E-state index is 13.4. The largest absolute Gasteiger partial charge is 0.541 e. The van der Waals surface area contributed by atoms with E-state index in [4.69, 9.17) is 37.3 Å². The average Bonchev–Trinajstić information content (AvgIpc) is 3.38. The average molecular weight is 640 g/mol. The number of hydrogen-bond donors (Lipinski definition) is 2. The highest BCUT2D eigenvalue weighted by atomic mass is 35.5. The molecule has 0 bridgehead atoms. The van der Waals surface area contributed by atoms with E-state index < -0.39 is 69.5 Å². The molecule has 222 valence electrons. The van der Waals surface area contributed by atoms with Gasteiger partial charge in [0.05, 0.1) is 16.6 Å². The van der Waals surface area contributed by atoms with Crippen molar-refractivity contribution in [2.45, 2.75) is 57.2 Å². The molecule has 3 heterocycles. The Morgan fingerprint density at radius 1 is 1.29 bits per heavy atom. The molecule has 0 spiro atoms. The van der Waals surface area contributed by atoms with E-state index in [1.54, 1.807) is 27.7 Å². The van der Waals surface area contributed by atoms with Gasteiger partial charge in [0.1, 0.15) is 28.4 Å². The summed E-state index contributed by atoms with van der Waals surface area (Å²) in [7, 11) is 8.14. The number of hydrogen-bond acceptors (Lipinski definition) is 13. The first kappa shape index (κ1) is 33.1. The Labute approximate surface area is 254 Å². The zero-order valence-electron chi connectivity index (χ0n) is 22.7. The molecule has 4 radical (unpaired) electrons. The molecule has 0 aromatic carbocycles. The number of nitrogens with one attached hydrogen (secondary N) is 2. The summed E-state index contributed by atoms with van der Waals surface area (Å²) in [5.41, 5.74) is -1.50. The lowest BCUT2D eigenvalue weighted by Gasteiger charge is -2.49. The van der Waals surface area contributed by atoms with E-state index in [1.165, 1.54) is 5.38 Å². The summed E-state index contributed by atoms with van der Waals surface area (Å²) >= 11 is 6.78. The van der Waals surface area contributed by atoms with Crippen LogP contribution in [0.3, 0.4) is 0 Å². The van der Waals surface area contributed by atoms with Crippen LogP contribution in [0.1, 0.15) is 39.8 Å². The predicted molar refractivity (Wildman–Crippen MR) is 151 cm³/mol. The van der Waals surface area contributed by atoms with Crippen LogP contribution in [-0.2, 0) is 48.9 Å². The van der Waals surface area contributed by atoms with E-state index in [9.17, 15) is 28.2 Å². The summed E-state index contributed by atoms with van der Waals surface area (Å²) in [5, 5.41) is 8.80. The normalized spacial score (nSPS) is 21.0. The number of carbonyl (C=O) groups is 5. The molecule has 15 nitrogen and oxygen atoms in total. The van der Waals surface area contributed by atoms with E-state index in [0.29, 0.717) is 0 Å². The Bertz CT molecular complexity index is 1360. The third-order valence-corrected chi connectivity index (χ3v) is 8.28. The van der Waals surface area contributed by atoms with Gasteiger partial charge in [-0.2, -0.15) is 0 Å². The molecule has 1 fully saturated rings. The molecule has 1 aromatic rings. The van der Waals surface area contributed by atoms with E-state index in [1.807, 2.05) is 0 Å². The van der Waals surface area contributed by atoms with E-state index in [0.717, 1.165) is 16.2 Å². The summed E-state index contributed by atoms with van der Waals surface area (Å²) < 4.78 is 26.5. The molecule has 1 saturated heterocycles. The number of amides is 3. The highest BCUT2D eigenvalue weighted by Gasteiger charge is 2.57. The van der Waals surface area contributed by atoms with Gasteiger partial charge < -0.3 is 24.2 Å². The summed E-state index contributed by atoms with van der Waals surface area (Å²) in [4.78, 5) is 72.9. The molecule has 1 aromatic heterocycles. The summed E-state index contributed by atoms with van der Waals surface area (Å²) in [5.74, 6) is -4.26. The fraction of sp³-hybridized carbons (Fsp3) is 0.500. The van der Waals surface area contributed by atoms with Gasteiger partial charge in [-0.25, -0.2) is 19.4 Å². The second-order valence-corrected chi connectivity index (χ2v) is 12.3. The number of aromatic nitrogens is 1. The monoisotopic (exact) mass is 639 g/mol. The first-order valence-electron chi connectivity index (χ1n) is 12.1. The van der Waals surface area contributed by atoms with Gasteiger partial charge >= 0.3 is 34.1 Å². The molecule has 0 saturated carbocycles. The molecular formula is C22H24B2ClN5O10S2. The standard InChI is InChI=1S/C22H24B2ClN5O10S2/c1-5-11(18(33)38-23)40-29-12(10-7-41-20(26-10)28-21(35)37-22(2,3)4)15(31)27-13-16(32)30-14(19(34)39-24)9(6-25)8-42(36)17(13)30/h7,11,13,17H,5-6,8H2,1-4H3,(H,27,31)(H,26,28,35)/b29-12-/t11-,13+,17+,42?/m0/s1. The van der Waals surface area contributed by atoms with Crippen LogP contribution >= 0.6 is 22.9 Å². The maximum absolute atomic E-state index is 13.4. The topological polar surface area (TPSA) is 192 Å². The van der Waals surface area contributed by atoms with Crippen LogP contribution in [0.2, 0.25) is 0 Å². The van der Waals surface area contributed by atoms with Crippen LogP contribution in [0, 0.1) is 0 Å². The summed E-state index contributed by atoms with van der Waals surface area (Å²) in [6.07, 6.45) is -2.05. The van der Waals surface area contributed by atoms with Crippen molar-refractivity contribution in [3.05, 3.63) is 22.3 Å². The molecule has 20 heteroatoms. The van der Waals surface area contributed by atoms with Gasteiger partial charge in [0.2, 0.25) is 6.10 Å². The second kappa shape index (κ2) is 13.7. The first-order valence-corrected chi connectivity index (χ1v) is 14.9. The molecule has 1 unspecified atom stereocenters. The minimum Gasteiger partial charge on any atom is -0.541 e. The Balaban J connectivity index is 1.89. The van der Waals surface area contributed by atoms with Gasteiger partial charge in [-0.15, -0.1) is 22.9 Å². The number of rotatable bonds is 10. The number of alkyl halides is 1. The van der Waals surface area contributed by atoms with Gasteiger partial charge in [0.15, 0.2) is 10.8 Å². The fourth-order valence-electron chi connectivity index (χ4n) is 3.72. The predicted octanol–water partition coefficient (Wildman–Crippen LogP) is 0.151. The van der Waals surface area contributed by atoms with Gasteiger partial charge in [0.25, 0.3) is 11.8 Å². The number of halogens is 1. The zero-order valence-corrected chi connectivity index (χ0v) is 25.1. The van der Waals surface area contributed by atoms with Gasteiger partial charge in [-0.3, -0.25) is 24.0 Å². The third kappa shape index (κ3) is 7.30. The highest BCUT2D eigenvalue weighted by molar-refractivity contribution is 7.86. The fourth-order valence-corrected chi connectivity index (χ4v) is 6.42. The number of thiazole rings is 1. The van der Waals surface area contributed by atoms with Crippen LogP contribution in [-0.4, -0.2) is 101 Å². The highest BCUT2D eigenvalue weighted by Crippen LogP contribution is 2.35. The van der Waals surface area contributed by atoms with Gasteiger partial charge in [0, 0.05) is 11.3 Å². The molecule has 3 rings (SSSR count). The number of anilines is 1. The van der Waals surface area contributed by atoms with Gasteiger partial charge in [-0.05, 0) is 32.8 Å². The number of nitrogens with zero attached hydrogens (tertiary/aromatic N) is 3. The van der Waals surface area contributed by atoms with Crippen molar-refractivity contribution in [1.82, 2.24) is 15.2 Å². The second-order valence-electron chi connectivity index (χ2n) is 9.61. The first-order chi connectivity index (χ1) is 19.8. The molecule has 42 heavy (non-hydrogen) atoms. The van der Waals surface area contributed by atoms with E-state index >= 15 is 0 Å². The lowest BCUT2D eigenvalue weighted by molar-refractivity contribution is -0.149. The lowest BCUT2D eigenvalue weighted by Crippen LogP contribution is -2.74. The van der Waals surface area contributed by atoms with Crippen molar-refractivity contribution in [1.29, 1.82) is 0 Å². The molecule has 0 aliphatic carbocycles. The summed E-state index contributed by atoms with van der Waals surface area (Å²) in [6.45, 7) is 6.56. The minimum absolute atomic E-state index is 0.0242. The number of ether oxygens (including phenoxy) is 1. The third-order valence-electron chi connectivity index (χ3n) is 5.54. The van der Waals surface area contributed by atoms with Crippen LogP contribution in [0.15, 0.2) is 21.8 Å². The van der Waals surface area contributed by atoms with Crippen molar-refractivity contribution >= 4 is 90.5 Å². The minimum atomic E-state index is -1.78. The van der Waals surface area contributed by atoms with Crippen LogP contribution in [0.25, 0.3) is 0 Å². The Morgan fingerprint density at radius 2 is 1.98 bits per heavy atom. The number of β-lactam (4-membered cyclic amide) rings is 1. The van der Waals surface area contributed by atoms with Crippen molar-refractivity contribution in [2.75, 3.05) is 16.9 Å². The molecular weight excluding hydrogens is 615 g/mol. The maximum Gasteiger partial charge on any atom is 0.413 e. The van der Waals surface area contributed by atoms with Crippen molar-refractivity contribution in [3.63, 3.8) is 0 Å². The van der Waals surface area contributed by atoms with Gasteiger partial charge in [-0.1, -0.05) is 12.1 Å². The quantitative estimate of drug-likeness (QED) is 0.116. The Morgan fingerprint density at radius 3 is 2.55 bits per heavy atom. The lowest BCUT2D eigenvalue weighted by atomic mass is 10.0. The van der Waals surface area contributed by atoms with Crippen molar-refractivity contribution in [3.8, 4) is 0 Å².